The van der Waals surface area contributed by atoms with Crippen LogP contribution < -0.4 is 11.1 Å². The smallest absolute Gasteiger partial charge is 0.220 e. The van der Waals surface area contributed by atoms with E-state index in [0.29, 0.717) is 18.9 Å². The first kappa shape index (κ1) is 16.7. The number of hydrogen-bond donors (Lipinski definition) is 3. The van der Waals surface area contributed by atoms with Gasteiger partial charge in [0.25, 0.3) is 0 Å². The number of nitrogens with one attached hydrogen (secondary N) is 1. The molecule has 0 radical (unpaired) electrons. The van der Waals surface area contributed by atoms with Crippen molar-refractivity contribution in [3.63, 3.8) is 0 Å². The van der Waals surface area contributed by atoms with E-state index < -0.39 is 0 Å². The second kappa shape index (κ2) is 9.50. The van der Waals surface area contributed by atoms with E-state index in [1.807, 2.05) is 30.3 Å². The molecule has 112 valence electrons. The highest BCUT2D eigenvalue weighted by atomic mass is 16.3. The molecule has 0 bridgehead atoms. The van der Waals surface area contributed by atoms with Gasteiger partial charge in [0.2, 0.25) is 5.91 Å². The van der Waals surface area contributed by atoms with Crippen LogP contribution in [0.25, 0.3) is 0 Å². The Labute approximate surface area is 121 Å². The van der Waals surface area contributed by atoms with E-state index >= 15 is 0 Å². The van der Waals surface area contributed by atoms with Gasteiger partial charge in [-0.2, -0.15) is 0 Å². The molecule has 2 atom stereocenters. The van der Waals surface area contributed by atoms with E-state index in [4.69, 9.17) is 5.73 Å². The van der Waals surface area contributed by atoms with Crippen LogP contribution in [-0.4, -0.2) is 24.2 Å². The van der Waals surface area contributed by atoms with Gasteiger partial charge in [-0.3, -0.25) is 4.79 Å². The van der Waals surface area contributed by atoms with E-state index in [1.165, 1.54) is 0 Å². The molecule has 0 heterocycles. The molecule has 0 saturated heterocycles. The number of aliphatic hydroxyl groups excluding tert-OH is 1. The Balaban J connectivity index is 2.44. The monoisotopic (exact) mass is 278 g/mol. The molecule has 0 spiro atoms. The molecule has 0 aliphatic carbocycles. The molecular formula is C16H26N2O2. The van der Waals surface area contributed by atoms with Crippen LogP contribution in [0.15, 0.2) is 30.3 Å². The van der Waals surface area contributed by atoms with E-state index in [0.717, 1.165) is 24.8 Å². The van der Waals surface area contributed by atoms with Gasteiger partial charge in [-0.15, -0.1) is 0 Å². The topological polar surface area (TPSA) is 75.4 Å². The molecule has 4 N–H and O–H groups in total. The lowest BCUT2D eigenvalue weighted by Crippen LogP contribution is -2.31. The van der Waals surface area contributed by atoms with Crippen molar-refractivity contribution < 1.29 is 9.90 Å². The molecule has 20 heavy (non-hydrogen) atoms. The summed E-state index contributed by atoms with van der Waals surface area (Å²) < 4.78 is 0. The van der Waals surface area contributed by atoms with Crippen LogP contribution in [0.4, 0.5) is 0 Å². The molecule has 1 rings (SSSR count). The predicted molar refractivity (Wildman–Crippen MR) is 81.1 cm³/mol. The van der Waals surface area contributed by atoms with Gasteiger partial charge in [0.05, 0.1) is 12.6 Å². The Morgan fingerprint density at radius 1 is 1.30 bits per heavy atom. The Bertz CT molecular complexity index is 381. The second-order valence-corrected chi connectivity index (χ2v) is 5.10. The highest BCUT2D eigenvalue weighted by Crippen LogP contribution is 2.16. The number of benzene rings is 1. The normalized spacial score (nSPS) is 13.8. The first-order valence-electron chi connectivity index (χ1n) is 7.36. The zero-order valence-corrected chi connectivity index (χ0v) is 12.2. The zero-order valence-electron chi connectivity index (χ0n) is 12.2. The van der Waals surface area contributed by atoms with Crippen molar-refractivity contribution in [1.82, 2.24) is 5.32 Å². The first-order valence-corrected chi connectivity index (χ1v) is 7.36. The summed E-state index contributed by atoms with van der Waals surface area (Å²) in [5, 5.41) is 12.3. The van der Waals surface area contributed by atoms with Gasteiger partial charge < -0.3 is 16.2 Å². The van der Waals surface area contributed by atoms with E-state index in [-0.39, 0.29) is 18.6 Å². The van der Waals surface area contributed by atoms with E-state index in [1.54, 1.807) is 0 Å². The summed E-state index contributed by atoms with van der Waals surface area (Å²) in [6.07, 6.45) is 3.35. The van der Waals surface area contributed by atoms with Crippen molar-refractivity contribution >= 4 is 5.91 Å². The minimum Gasteiger partial charge on any atom is -0.394 e. The number of hydrogen-bond acceptors (Lipinski definition) is 3. The summed E-state index contributed by atoms with van der Waals surface area (Å²) in [5.41, 5.74) is 6.48. The standard InChI is InChI=1S/C16H26N2O2/c1-2-13(10-11-17)8-9-16(20)18-15(12-19)14-6-4-3-5-7-14/h3-7,13,15,19H,2,8-12,17H2,1H3,(H,18,20)/t13?,15-/m0/s1. The number of nitrogens with two attached hydrogens (primary N) is 1. The van der Waals surface area contributed by atoms with Crippen LogP contribution in [0.5, 0.6) is 0 Å². The minimum absolute atomic E-state index is 0.0108. The summed E-state index contributed by atoms with van der Waals surface area (Å²) >= 11 is 0. The lowest BCUT2D eigenvalue weighted by molar-refractivity contribution is -0.122. The number of aliphatic hydroxyl groups is 1. The van der Waals surface area contributed by atoms with Crippen molar-refractivity contribution in [3.8, 4) is 0 Å². The minimum atomic E-state index is -0.321. The third-order valence-corrected chi connectivity index (χ3v) is 3.65. The van der Waals surface area contributed by atoms with Gasteiger partial charge in [0.1, 0.15) is 0 Å². The van der Waals surface area contributed by atoms with Gasteiger partial charge in [-0.25, -0.2) is 0 Å². The highest BCUT2D eigenvalue weighted by Gasteiger charge is 2.14. The molecular weight excluding hydrogens is 252 g/mol. The van der Waals surface area contributed by atoms with Crippen molar-refractivity contribution in [2.75, 3.05) is 13.2 Å². The Morgan fingerprint density at radius 2 is 2.00 bits per heavy atom. The second-order valence-electron chi connectivity index (χ2n) is 5.10. The van der Waals surface area contributed by atoms with Crippen molar-refractivity contribution in [3.05, 3.63) is 35.9 Å². The summed E-state index contributed by atoms with van der Waals surface area (Å²) in [6.45, 7) is 2.71. The van der Waals surface area contributed by atoms with Crippen LogP contribution in [0, 0.1) is 5.92 Å². The average Bonchev–Trinajstić information content (AvgIpc) is 2.49. The van der Waals surface area contributed by atoms with Crippen LogP contribution in [-0.2, 0) is 4.79 Å². The number of carbonyl (C=O) groups is 1. The Kier molecular flexibility index (Phi) is 7.92. The fourth-order valence-electron chi connectivity index (χ4n) is 2.31. The van der Waals surface area contributed by atoms with Crippen molar-refractivity contribution in [2.45, 2.75) is 38.6 Å². The van der Waals surface area contributed by atoms with Crippen LogP contribution in [0.3, 0.4) is 0 Å². The molecule has 0 fully saturated rings. The summed E-state index contributed by atoms with van der Waals surface area (Å²) in [6, 6.07) is 9.21. The Hall–Kier alpha value is -1.39. The van der Waals surface area contributed by atoms with Crippen LogP contribution in [0.2, 0.25) is 0 Å². The molecule has 4 nitrogen and oxygen atoms in total. The fourth-order valence-corrected chi connectivity index (χ4v) is 2.31. The van der Waals surface area contributed by atoms with Crippen molar-refractivity contribution in [1.29, 1.82) is 0 Å². The summed E-state index contributed by atoms with van der Waals surface area (Å²) in [7, 11) is 0. The van der Waals surface area contributed by atoms with Crippen molar-refractivity contribution in [2.24, 2.45) is 11.7 Å². The maximum absolute atomic E-state index is 12.0. The first-order chi connectivity index (χ1) is 9.71. The van der Waals surface area contributed by atoms with Gasteiger partial charge in [-0.1, -0.05) is 43.7 Å². The molecule has 0 aliphatic rings. The van der Waals surface area contributed by atoms with E-state index in [9.17, 15) is 9.90 Å². The zero-order chi connectivity index (χ0) is 14.8. The quantitative estimate of drug-likeness (QED) is 0.646. The third-order valence-electron chi connectivity index (χ3n) is 3.65. The number of rotatable bonds is 9. The SMILES string of the molecule is CCC(CCN)CCC(=O)N[C@@H](CO)c1ccccc1. The fraction of sp³-hybridized carbons (Fsp3) is 0.562. The number of amides is 1. The van der Waals surface area contributed by atoms with Gasteiger partial charge >= 0.3 is 0 Å². The number of carbonyl (C=O) groups excluding carboxylic acids is 1. The van der Waals surface area contributed by atoms with Crippen LogP contribution >= 0.6 is 0 Å². The predicted octanol–water partition coefficient (Wildman–Crippen LogP) is 1.99. The maximum atomic E-state index is 12.0. The molecule has 1 aromatic carbocycles. The molecule has 1 aromatic rings. The lowest BCUT2D eigenvalue weighted by Gasteiger charge is -2.18. The molecule has 0 saturated carbocycles. The summed E-state index contributed by atoms with van der Waals surface area (Å²) in [5.74, 6) is 0.499. The molecule has 1 amide bonds. The van der Waals surface area contributed by atoms with E-state index in [2.05, 4.69) is 12.2 Å². The van der Waals surface area contributed by atoms with Gasteiger partial charge in [0.15, 0.2) is 0 Å². The largest absolute Gasteiger partial charge is 0.394 e. The lowest BCUT2D eigenvalue weighted by atomic mass is 9.96. The maximum Gasteiger partial charge on any atom is 0.220 e. The van der Waals surface area contributed by atoms with Gasteiger partial charge in [-0.05, 0) is 30.9 Å². The van der Waals surface area contributed by atoms with Gasteiger partial charge in [0, 0.05) is 6.42 Å². The molecule has 4 heteroatoms. The molecule has 0 aliphatic heterocycles. The summed E-state index contributed by atoms with van der Waals surface area (Å²) in [4.78, 5) is 12.0. The Morgan fingerprint density at radius 3 is 2.55 bits per heavy atom. The van der Waals surface area contributed by atoms with Crippen LogP contribution in [0.1, 0.15) is 44.2 Å². The average molecular weight is 278 g/mol. The molecule has 1 unspecified atom stereocenters. The highest BCUT2D eigenvalue weighted by molar-refractivity contribution is 5.76. The molecule has 0 aromatic heterocycles. The third kappa shape index (κ3) is 5.72.